The van der Waals surface area contributed by atoms with Gasteiger partial charge in [-0.1, -0.05) is 25.5 Å². The maximum Gasteiger partial charge on any atom is 0.409 e. The van der Waals surface area contributed by atoms with Gasteiger partial charge in [-0.3, -0.25) is 4.79 Å². The Hall–Kier alpha value is -2.04. The lowest BCUT2D eigenvalue weighted by Crippen LogP contribution is -2.45. The molecule has 1 aromatic rings. The van der Waals surface area contributed by atoms with Crippen molar-refractivity contribution in [2.24, 2.45) is 5.41 Å². The molecular formula is C19H25NO4. The van der Waals surface area contributed by atoms with Gasteiger partial charge in [0, 0.05) is 18.5 Å². The van der Waals surface area contributed by atoms with E-state index in [1.807, 2.05) is 18.2 Å². The van der Waals surface area contributed by atoms with Crippen LogP contribution < -0.4 is 4.74 Å². The van der Waals surface area contributed by atoms with Crippen LogP contribution in [0.25, 0.3) is 0 Å². The Morgan fingerprint density at radius 2 is 2.04 bits per heavy atom. The summed E-state index contributed by atoms with van der Waals surface area (Å²) < 4.78 is 10.7. The summed E-state index contributed by atoms with van der Waals surface area (Å²) in [4.78, 5) is 26.8. The van der Waals surface area contributed by atoms with Gasteiger partial charge in [-0.2, -0.15) is 0 Å². The minimum Gasteiger partial charge on any atom is -0.496 e. The lowest BCUT2D eigenvalue weighted by atomic mass is 9.75. The van der Waals surface area contributed by atoms with E-state index < -0.39 is 0 Å². The lowest BCUT2D eigenvalue weighted by Gasteiger charge is -2.37. The normalized spacial score (nSPS) is 18.6. The summed E-state index contributed by atoms with van der Waals surface area (Å²) >= 11 is 0. The Bertz CT molecular complexity index is 632. The maximum absolute atomic E-state index is 13.0. The molecule has 0 radical (unpaired) electrons. The SMILES string of the molecule is CCCCOC(=O)N1CCC2(CC1)Cc1cccc(OC)c1C2=O. The molecule has 1 aliphatic carbocycles. The van der Waals surface area contributed by atoms with Crippen molar-refractivity contribution in [1.82, 2.24) is 4.90 Å². The van der Waals surface area contributed by atoms with Crippen LogP contribution in [0.4, 0.5) is 4.79 Å². The molecular weight excluding hydrogens is 306 g/mol. The van der Waals surface area contributed by atoms with Crippen LogP contribution in [0.1, 0.15) is 48.5 Å². The number of carbonyl (C=O) groups excluding carboxylic acids is 2. The number of amides is 1. The van der Waals surface area contributed by atoms with Gasteiger partial charge in [-0.15, -0.1) is 0 Å². The molecule has 0 aromatic heterocycles. The third kappa shape index (κ3) is 2.87. The number of rotatable bonds is 4. The fourth-order valence-corrected chi connectivity index (χ4v) is 3.78. The van der Waals surface area contributed by atoms with Crippen LogP contribution >= 0.6 is 0 Å². The molecule has 0 bridgehead atoms. The van der Waals surface area contributed by atoms with Crippen molar-refractivity contribution in [1.29, 1.82) is 0 Å². The molecule has 5 heteroatoms. The van der Waals surface area contributed by atoms with E-state index in [2.05, 4.69) is 6.92 Å². The van der Waals surface area contributed by atoms with Crippen LogP contribution in [0.15, 0.2) is 18.2 Å². The second-order valence-corrected chi connectivity index (χ2v) is 6.74. The molecule has 3 rings (SSSR count). The number of methoxy groups -OCH3 is 1. The Balaban J connectivity index is 1.66. The monoisotopic (exact) mass is 331 g/mol. The highest BCUT2D eigenvalue weighted by Gasteiger charge is 2.48. The highest BCUT2D eigenvalue weighted by molar-refractivity contribution is 6.07. The van der Waals surface area contributed by atoms with E-state index in [-0.39, 0.29) is 17.3 Å². The smallest absolute Gasteiger partial charge is 0.409 e. The molecule has 1 fully saturated rings. The molecule has 1 spiro atoms. The van der Waals surface area contributed by atoms with Gasteiger partial charge in [0.05, 0.1) is 19.3 Å². The number of unbranched alkanes of at least 4 members (excludes halogenated alkanes) is 1. The van der Waals surface area contributed by atoms with Crippen molar-refractivity contribution >= 4 is 11.9 Å². The number of Topliss-reactive ketones (excluding diaryl/α,β-unsaturated/α-hetero) is 1. The molecule has 5 nitrogen and oxygen atoms in total. The molecule has 0 atom stereocenters. The summed E-state index contributed by atoms with van der Waals surface area (Å²) in [6.07, 6.45) is 3.76. The van der Waals surface area contributed by atoms with Crippen molar-refractivity contribution in [3.05, 3.63) is 29.3 Å². The first-order valence-electron chi connectivity index (χ1n) is 8.73. The molecule has 1 heterocycles. The van der Waals surface area contributed by atoms with Crippen LogP contribution in [-0.4, -0.2) is 43.6 Å². The van der Waals surface area contributed by atoms with Gasteiger partial charge in [0.25, 0.3) is 0 Å². The quantitative estimate of drug-likeness (QED) is 0.793. The molecule has 0 N–H and O–H groups in total. The Morgan fingerprint density at radius 3 is 2.71 bits per heavy atom. The molecule has 0 unspecified atom stereocenters. The van der Waals surface area contributed by atoms with Crippen LogP contribution in [0.2, 0.25) is 0 Å². The first-order valence-corrected chi connectivity index (χ1v) is 8.73. The topological polar surface area (TPSA) is 55.8 Å². The average Bonchev–Trinajstić information content (AvgIpc) is 2.88. The van der Waals surface area contributed by atoms with E-state index in [0.717, 1.165) is 30.4 Å². The summed E-state index contributed by atoms with van der Waals surface area (Å²) in [5, 5.41) is 0. The summed E-state index contributed by atoms with van der Waals surface area (Å²) in [7, 11) is 1.60. The van der Waals surface area contributed by atoms with E-state index in [1.165, 1.54) is 0 Å². The molecule has 130 valence electrons. The second kappa shape index (κ2) is 6.83. The zero-order valence-corrected chi connectivity index (χ0v) is 14.5. The standard InChI is InChI=1S/C19H25NO4/c1-3-4-12-24-18(22)20-10-8-19(9-11-20)13-14-6-5-7-15(23-2)16(14)17(19)21/h5-7H,3-4,8-13H2,1-2H3. The summed E-state index contributed by atoms with van der Waals surface area (Å²) in [5.74, 6) is 0.838. The molecule has 1 aliphatic heterocycles. The van der Waals surface area contributed by atoms with Gasteiger partial charge in [-0.05, 0) is 37.3 Å². The van der Waals surface area contributed by atoms with E-state index in [0.29, 0.717) is 38.3 Å². The third-order valence-electron chi connectivity index (χ3n) is 5.27. The van der Waals surface area contributed by atoms with Gasteiger partial charge in [0.1, 0.15) is 5.75 Å². The number of ketones is 1. The molecule has 2 aliphatic rings. The van der Waals surface area contributed by atoms with Gasteiger partial charge < -0.3 is 14.4 Å². The fourth-order valence-electron chi connectivity index (χ4n) is 3.78. The Labute approximate surface area is 142 Å². The zero-order valence-electron chi connectivity index (χ0n) is 14.5. The minimum absolute atomic E-state index is 0.175. The van der Waals surface area contributed by atoms with E-state index >= 15 is 0 Å². The summed E-state index contributed by atoms with van der Waals surface area (Å²) in [6, 6.07) is 5.79. The number of benzene rings is 1. The van der Waals surface area contributed by atoms with Crippen LogP contribution in [-0.2, 0) is 11.2 Å². The molecule has 1 saturated heterocycles. The highest BCUT2D eigenvalue weighted by Crippen LogP contribution is 2.47. The number of nitrogens with zero attached hydrogens (tertiary/aromatic N) is 1. The molecule has 1 aromatic carbocycles. The molecule has 24 heavy (non-hydrogen) atoms. The van der Waals surface area contributed by atoms with Gasteiger partial charge in [0.2, 0.25) is 0 Å². The predicted octanol–water partition coefficient (Wildman–Crippen LogP) is 3.45. The maximum atomic E-state index is 13.0. The van der Waals surface area contributed by atoms with E-state index in [4.69, 9.17) is 9.47 Å². The first kappa shape index (κ1) is 16.8. The predicted molar refractivity (Wildman–Crippen MR) is 90.5 cm³/mol. The number of hydrogen-bond donors (Lipinski definition) is 0. The van der Waals surface area contributed by atoms with Gasteiger partial charge in [-0.25, -0.2) is 4.79 Å². The van der Waals surface area contributed by atoms with Crippen LogP contribution in [0.5, 0.6) is 5.75 Å². The van der Waals surface area contributed by atoms with Crippen LogP contribution in [0.3, 0.4) is 0 Å². The fraction of sp³-hybridized carbons (Fsp3) is 0.579. The van der Waals surface area contributed by atoms with Crippen molar-refractivity contribution in [2.75, 3.05) is 26.8 Å². The summed E-state index contributed by atoms with van der Waals surface area (Å²) in [5.41, 5.74) is 1.43. The molecule has 0 saturated carbocycles. The number of piperidine rings is 1. The number of likely N-dealkylation sites (tertiary alicyclic amines) is 1. The van der Waals surface area contributed by atoms with Gasteiger partial charge >= 0.3 is 6.09 Å². The average molecular weight is 331 g/mol. The Morgan fingerprint density at radius 1 is 1.29 bits per heavy atom. The largest absolute Gasteiger partial charge is 0.496 e. The van der Waals surface area contributed by atoms with Gasteiger partial charge in [0.15, 0.2) is 5.78 Å². The number of carbonyl (C=O) groups is 2. The van der Waals surface area contributed by atoms with Crippen molar-refractivity contribution in [3.8, 4) is 5.75 Å². The number of ether oxygens (including phenoxy) is 2. The number of hydrogen-bond acceptors (Lipinski definition) is 4. The first-order chi connectivity index (χ1) is 11.6. The minimum atomic E-state index is -0.378. The van der Waals surface area contributed by atoms with Crippen molar-refractivity contribution in [2.45, 2.75) is 39.0 Å². The van der Waals surface area contributed by atoms with Crippen molar-refractivity contribution in [3.63, 3.8) is 0 Å². The van der Waals surface area contributed by atoms with E-state index in [1.54, 1.807) is 12.0 Å². The number of fused-ring (bicyclic) bond motifs is 1. The molecule has 1 amide bonds. The highest BCUT2D eigenvalue weighted by atomic mass is 16.6. The Kier molecular flexibility index (Phi) is 4.78. The van der Waals surface area contributed by atoms with E-state index in [9.17, 15) is 9.59 Å². The second-order valence-electron chi connectivity index (χ2n) is 6.74. The zero-order chi connectivity index (χ0) is 17.2. The van der Waals surface area contributed by atoms with Crippen molar-refractivity contribution < 1.29 is 19.1 Å². The van der Waals surface area contributed by atoms with Crippen LogP contribution in [0, 0.1) is 5.41 Å². The lowest BCUT2D eigenvalue weighted by molar-refractivity contribution is 0.0536. The summed E-state index contributed by atoms with van der Waals surface area (Å²) in [6.45, 7) is 3.69. The third-order valence-corrected chi connectivity index (χ3v) is 5.27.